The molecule has 0 aromatic carbocycles. The fourth-order valence-corrected chi connectivity index (χ4v) is 1.79. The summed E-state index contributed by atoms with van der Waals surface area (Å²) in [5, 5.41) is 2.74. The Labute approximate surface area is 83.2 Å². The van der Waals surface area contributed by atoms with E-state index in [1.54, 1.807) is 6.92 Å². The molecule has 2 amide bonds. The van der Waals surface area contributed by atoms with Gasteiger partial charge in [0.2, 0.25) is 11.8 Å². The highest BCUT2D eigenvalue weighted by molar-refractivity contribution is 5.83. The van der Waals surface area contributed by atoms with Crippen molar-refractivity contribution >= 4 is 11.8 Å². The quantitative estimate of drug-likeness (QED) is 0.549. The number of hydrogen-bond donors (Lipinski definition) is 3. The van der Waals surface area contributed by atoms with Crippen LogP contribution in [-0.4, -0.2) is 23.9 Å². The first kappa shape index (κ1) is 11.0. The van der Waals surface area contributed by atoms with Gasteiger partial charge in [-0.1, -0.05) is 6.42 Å². The number of rotatable bonds is 3. The van der Waals surface area contributed by atoms with Gasteiger partial charge in [0, 0.05) is 6.04 Å². The summed E-state index contributed by atoms with van der Waals surface area (Å²) in [5.41, 5.74) is 10.6. The Morgan fingerprint density at radius 2 is 2.07 bits per heavy atom. The van der Waals surface area contributed by atoms with E-state index >= 15 is 0 Å². The molecule has 1 fully saturated rings. The topological polar surface area (TPSA) is 98.2 Å². The van der Waals surface area contributed by atoms with Gasteiger partial charge >= 0.3 is 0 Å². The van der Waals surface area contributed by atoms with Crippen molar-refractivity contribution in [1.29, 1.82) is 0 Å². The lowest BCUT2D eigenvalue weighted by molar-refractivity contribution is -0.125. The summed E-state index contributed by atoms with van der Waals surface area (Å²) in [6, 6.07) is -0.657. The van der Waals surface area contributed by atoms with Crippen LogP contribution in [0.15, 0.2) is 0 Å². The maximum Gasteiger partial charge on any atom is 0.236 e. The molecule has 1 rings (SSSR count). The summed E-state index contributed by atoms with van der Waals surface area (Å²) in [6.45, 7) is 1.61. The number of amides is 2. The van der Waals surface area contributed by atoms with Crippen LogP contribution in [0, 0.1) is 5.92 Å². The molecule has 0 spiro atoms. The normalized spacial score (nSPS) is 28.4. The molecule has 2 unspecified atom stereocenters. The van der Waals surface area contributed by atoms with Crippen LogP contribution in [0.25, 0.3) is 0 Å². The molecule has 14 heavy (non-hydrogen) atoms. The zero-order chi connectivity index (χ0) is 10.7. The van der Waals surface area contributed by atoms with Crippen molar-refractivity contribution in [3.8, 4) is 0 Å². The van der Waals surface area contributed by atoms with Crippen molar-refractivity contribution in [2.24, 2.45) is 17.4 Å². The zero-order valence-electron chi connectivity index (χ0n) is 8.32. The maximum absolute atomic E-state index is 11.3. The number of nitrogens with two attached hydrogens (primary N) is 2. The monoisotopic (exact) mass is 199 g/mol. The molecule has 1 saturated carbocycles. The minimum atomic E-state index is -0.538. The summed E-state index contributed by atoms with van der Waals surface area (Å²) in [6.07, 6.45) is 2.50. The molecule has 0 saturated heterocycles. The van der Waals surface area contributed by atoms with Crippen molar-refractivity contribution in [3.05, 3.63) is 0 Å². The van der Waals surface area contributed by atoms with Crippen LogP contribution in [0.5, 0.6) is 0 Å². The summed E-state index contributed by atoms with van der Waals surface area (Å²) < 4.78 is 0. The largest absolute Gasteiger partial charge is 0.369 e. The maximum atomic E-state index is 11.3. The van der Waals surface area contributed by atoms with Crippen molar-refractivity contribution in [1.82, 2.24) is 5.32 Å². The first-order valence-corrected chi connectivity index (χ1v) is 4.87. The van der Waals surface area contributed by atoms with E-state index in [1.807, 2.05) is 0 Å². The molecule has 0 heterocycles. The van der Waals surface area contributed by atoms with E-state index in [-0.39, 0.29) is 23.8 Å². The predicted octanol–water partition coefficient (Wildman–Crippen LogP) is -0.896. The van der Waals surface area contributed by atoms with Gasteiger partial charge in [-0.3, -0.25) is 9.59 Å². The SMILES string of the molecule is C[C@H](N)C(=O)NC1CCCC1C(N)=O. The molecular formula is C9H17N3O2. The van der Waals surface area contributed by atoms with Crippen molar-refractivity contribution in [2.75, 3.05) is 0 Å². The van der Waals surface area contributed by atoms with E-state index in [1.165, 1.54) is 0 Å². The van der Waals surface area contributed by atoms with Gasteiger partial charge in [-0.15, -0.1) is 0 Å². The smallest absolute Gasteiger partial charge is 0.236 e. The third-order valence-corrected chi connectivity index (χ3v) is 2.62. The van der Waals surface area contributed by atoms with Gasteiger partial charge in [0.1, 0.15) is 0 Å². The van der Waals surface area contributed by atoms with Crippen molar-refractivity contribution in [3.63, 3.8) is 0 Å². The van der Waals surface area contributed by atoms with Gasteiger partial charge in [0.15, 0.2) is 0 Å². The number of primary amides is 1. The Morgan fingerprint density at radius 3 is 2.57 bits per heavy atom. The van der Waals surface area contributed by atoms with E-state index < -0.39 is 6.04 Å². The highest BCUT2D eigenvalue weighted by Crippen LogP contribution is 2.25. The summed E-state index contributed by atoms with van der Waals surface area (Å²) in [4.78, 5) is 22.3. The third kappa shape index (κ3) is 2.45. The fourth-order valence-electron chi connectivity index (χ4n) is 1.79. The van der Waals surface area contributed by atoms with Gasteiger partial charge in [0.05, 0.1) is 12.0 Å². The van der Waals surface area contributed by atoms with Gasteiger partial charge in [-0.25, -0.2) is 0 Å². The lowest BCUT2D eigenvalue weighted by Crippen LogP contribution is -2.47. The molecular weight excluding hydrogens is 182 g/mol. The van der Waals surface area contributed by atoms with Gasteiger partial charge in [0.25, 0.3) is 0 Å². The second kappa shape index (κ2) is 4.41. The molecule has 3 atom stereocenters. The molecule has 0 aromatic heterocycles. The summed E-state index contributed by atoms with van der Waals surface area (Å²) in [7, 11) is 0. The first-order chi connectivity index (χ1) is 6.52. The van der Waals surface area contributed by atoms with Gasteiger partial charge < -0.3 is 16.8 Å². The number of nitrogens with one attached hydrogen (secondary N) is 1. The fraction of sp³-hybridized carbons (Fsp3) is 0.778. The summed E-state index contributed by atoms with van der Waals surface area (Å²) in [5.74, 6) is -0.779. The third-order valence-electron chi connectivity index (χ3n) is 2.62. The minimum absolute atomic E-state index is 0.119. The average Bonchev–Trinajstić information content (AvgIpc) is 2.52. The molecule has 0 aliphatic heterocycles. The highest BCUT2D eigenvalue weighted by atomic mass is 16.2. The molecule has 0 bridgehead atoms. The molecule has 0 aromatic rings. The Kier molecular flexibility index (Phi) is 3.46. The Hall–Kier alpha value is -1.10. The first-order valence-electron chi connectivity index (χ1n) is 4.87. The second-order valence-corrected chi connectivity index (χ2v) is 3.84. The van der Waals surface area contributed by atoms with E-state index in [4.69, 9.17) is 11.5 Å². The zero-order valence-corrected chi connectivity index (χ0v) is 8.32. The van der Waals surface area contributed by atoms with Crippen LogP contribution < -0.4 is 16.8 Å². The Balaban J connectivity index is 2.51. The van der Waals surface area contributed by atoms with Crippen LogP contribution in [-0.2, 0) is 9.59 Å². The number of carbonyl (C=O) groups excluding carboxylic acids is 2. The van der Waals surface area contributed by atoms with E-state index in [0.29, 0.717) is 0 Å². The predicted molar refractivity (Wildman–Crippen MR) is 52.1 cm³/mol. The molecule has 1 aliphatic rings. The number of carbonyl (C=O) groups is 2. The Morgan fingerprint density at radius 1 is 1.43 bits per heavy atom. The molecule has 80 valence electrons. The van der Waals surface area contributed by atoms with Gasteiger partial charge in [-0.2, -0.15) is 0 Å². The standard InChI is InChI=1S/C9H17N3O2/c1-5(10)9(14)12-7-4-2-3-6(7)8(11)13/h5-7H,2-4,10H2,1H3,(H2,11,13)(H,12,14)/t5-,6?,7?/m0/s1. The summed E-state index contributed by atoms with van der Waals surface area (Å²) >= 11 is 0. The lowest BCUT2D eigenvalue weighted by atomic mass is 10.0. The second-order valence-electron chi connectivity index (χ2n) is 3.84. The molecule has 5 nitrogen and oxygen atoms in total. The van der Waals surface area contributed by atoms with Crippen molar-refractivity contribution in [2.45, 2.75) is 38.3 Å². The molecule has 0 radical (unpaired) electrons. The minimum Gasteiger partial charge on any atom is -0.369 e. The highest BCUT2D eigenvalue weighted by Gasteiger charge is 2.32. The van der Waals surface area contributed by atoms with Crippen LogP contribution in [0.1, 0.15) is 26.2 Å². The molecule has 5 heteroatoms. The van der Waals surface area contributed by atoms with Crippen molar-refractivity contribution < 1.29 is 9.59 Å². The van der Waals surface area contributed by atoms with Crippen LogP contribution in [0.3, 0.4) is 0 Å². The van der Waals surface area contributed by atoms with E-state index in [0.717, 1.165) is 19.3 Å². The average molecular weight is 199 g/mol. The van der Waals surface area contributed by atoms with Crippen LogP contribution >= 0.6 is 0 Å². The van der Waals surface area contributed by atoms with E-state index in [2.05, 4.69) is 5.32 Å². The van der Waals surface area contributed by atoms with Gasteiger partial charge in [-0.05, 0) is 19.8 Å². The Bertz CT molecular complexity index is 240. The van der Waals surface area contributed by atoms with Crippen LogP contribution in [0.2, 0.25) is 0 Å². The van der Waals surface area contributed by atoms with E-state index in [9.17, 15) is 9.59 Å². The van der Waals surface area contributed by atoms with Crippen LogP contribution in [0.4, 0.5) is 0 Å². The lowest BCUT2D eigenvalue weighted by Gasteiger charge is -2.19. The number of hydrogen-bond acceptors (Lipinski definition) is 3. The molecule has 5 N–H and O–H groups in total. The molecule has 1 aliphatic carbocycles.